The normalized spacial score (nSPS) is 18.7. The molecule has 1 heterocycles. The van der Waals surface area contributed by atoms with Gasteiger partial charge < -0.3 is 15.0 Å². The van der Waals surface area contributed by atoms with Crippen LogP contribution in [0.5, 0.6) is 5.75 Å². The first-order chi connectivity index (χ1) is 9.61. The number of hydrogen-bond acceptors (Lipinski definition) is 3. The van der Waals surface area contributed by atoms with Crippen LogP contribution in [0.1, 0.15) is 31.2 Å². The second-order valence-corrected chi connectivity index (χ2v) is 5.53. The molecule has 118 valence electrons. The van der Waals surface area contributed by atoms with Gasteiger partial charge in [0, 0.05) is 26.1 Å². The molecule has 1 aliphatic heterocycles. The summed E-state index contributed by atoms with van der Waals surface area (Å²) in [6.45, 7) is 4.01. The first-order valence-corrected chi connectivity index (χ1v) is 7.22. The molecule has 0 radical (unpaired) electrons. The van der Waals surface area contributed by atoms with E-state index in [-0.39, 0.29) is 24.2 Å². The average molecular weight is 313 g/mol. The SMILES string of the molecule is COc1cccc(C(C)CC(=O)N(C)C2CCNC2)c1.Cl. The highest BCUT2D eigenvalue weighted by atomic mass is 35.5. The minimum atomic E-state index is 0. The van der Waals surface area contributed by atoms with Crippen LogP contribution in [0, 0.1) is 0 Å². The van der Waals surface area contributed by atoms with Gasteiger partial charge in [-0.1, -0.05) is 19.1 Å². The van der Waals surface area contributed by atoms with Crippen LogP contribution in [0.25, 0.3) is 0 Å². The van der Waals surface area contributed by atoms with Gasteiger partial charge in [-0.15, -0.1) is 12.4 Å². The Morgan fingerprint density at radius 3 is 2.90 bits per heavy atom. The van der Waals surface area contributed by atoms with Crippen molar-refractivity contribution in [1.82, 2.24) is 10.2 Å². The zero-order valence-corrected chi connectivity index (χ0v) is 13.8. The molecule has 2 atom stereocenters. The van der Waals surface area contributed by atoms with Crippen LogP contribution in [0.15, 0.2) is 24.3 Å². The van der Waals surface area contributed by atoms with Crippen molar-refractivity contribution in [3.05, 3.63) is 29.8 Å². The molecule has 0 bridgehead atoms. The Labute approximate surface area is 133 Å². The molecule has 1 fully saturated rings. The van der Waals surface area contributed by atoms with E-state index in [9.17, 15) is 4.79 Å². The van der Waals surface area contributed by atoms with Crippen LogP contribution >= 0.6 is 12.4 Å². The molecule has 0 aliphatic carbocycles. The summed E-state index contributed by atoms with van der Waals surface area (Å²) >= 11 is 0. The van der Waals surface area contributed by atoms with Gasteiger partial charge in [-0.2, -0.15) is 0 Å². The number of methoxy groups -OCH3 is 1. The Morgan fingerprint density at radius 2 is 2.29 bits per heavy atom. The van der Waals surface area contributed by atoms with E-state index in [1.165, 1.54) is 0 Å². The molecule has 21 heavy (non-hydrogen) atoms. The van der Waals surface area contributed by atoms with Crippen LogP contribution in [0.4, 0.5) is 0 Å². The van der Waals surface area contributed by atoms with E-state index < -0.39 is 0 Å². The van der Waals surface area contributed by atoms with Crippen LogP contribution < -0.4 is 10.1 Å². The first-order valence-electron chi connectivity index (χ1n) is 7.22. The predicted molar refractivity (Wildman–Crippen MR) is 87.3 cm³/mol. The quantitative estimate of drug-likeness (QED) is 0.908. The van der Waals surface area contributed by atoms with E-state index in [1.807, 2.05) is 30.1 Å². The van der Waals surface area contributed by atoms with E-state index in [0.717, 1.165) is 30.8 Å². The van der Waals surface area contributed by atoms with Gasteiger partial charge in [-0.25, -0.2) is 0 Å². The molecule has 1 aromatic rings. The van der Waals surface area contributed by atoms with E-state index >= 15 is 0 Å². The van der Waals surface area contributed by atoms with E-state index in [2.05, 4.69) is 18.3 Å². The topological polar surface area (TPSA) is 41.6 Å². The van der Waals surface area contributed by atoms with Gasteiger partial charge in [-0.05, 0) is 36.6 Å². The van der Waals surface area contributed by atoms with Gasteiger partial charge in [0.1, 0.15) is 5.75 Å². The van der Waals surface area contributed by atoms with Crippen LogP contribution in [0.3, 0.4) is 0 Å². The number of nitrogens with one attached hydrogen (secondary N) is 1. The molecule has 0 saturated carbocycles. The maximum atomic E-state index is 12.3. The Bertz CT molecular complexity index is 461. The molecule has 1 aromatic carbocycles. The molecule has 1 N–H and O–H groups in total. The smallest absolute Gasteiger partial charge is 0.223 e. The van der Waals surface area contributed by atoms with Gasteiger partial charge in [0.05, 0.1) is 7.11 Å². The summed E-state index contributed by atoms with van der Waals surface area (Å²) in [5.41, 5.74) is 1.15. The lowest BCUT2D eigenvalue weighted by atomic mass is 9.96. The lowest BCUT2D eigenvalue weighted by Crippen LogP contribution is -2.38. The van der Waals surface area contributed by atoms with Crippen molar-refractivity contribution >= 4 is 18.3 Å². The van der Waals surface area contributed by atoms with E-state index in [0.29, 0.717) is 12.5 Å². The Hall–Kier alpha value is -1.26. The van der Waals surface area contributed by atoms with E-state index in [1.54, 1.807) is 7.11 Å². The summed E-state index contributed by atoms with van der Waals surface area (Å²) < 4.78 is 5.24. The average Bonchev–Trinajstić information content (AvgIpc) is 3.00. The molecule has 0 spiro atoms. The van der Waals surface area contributed by atoms with Gasteiger partial charge >= 0.3 is 0 Å². The summed E-state index contributed by atoms with van der Waals surface area (Å²) in [5, 5.41) is 3.30. The zero-order chi connectivity index (χ0) is 14.5. The summed E-state index contributed by atoms with van der Waals surface area (Å²) in [4.78, 5) is 14.2. The lowest BCUT2D eigenvalue weighted by Gasteiger charge is -2.25. The lowest BCUT2D eigenvalue weighted by molar-refractivity contribution is -0.132. The number of halogens is 1. The maximum absolute atomic E-state index is 12.3. The summed E-state index contributed by atoms with van der Waals surface area (Å²) in [7, 11) is 3.58. The van der Waals surface area contributed by atoms with Gasteiger partial charge in [0.15, 0.2) is 0 Å². The van der Waals surface area contributed by atoms with Gasteiger partial charge in [0.2, 0.25) is 5.91 Å². The minimum absolute atomic E-state index is 0. The van der Waals surface area contributed by atoms with Gasteiger partial charge in [0.25, 0.3) is 0 Å². The number of carbonyl (C=O) groups is 1. The molecule has 1 amide bonds. The Balaban J connectivity index is 0.00000220. The van der Waals surface area contributed by atoms with Crippen molar-refractivity contribution in [2.24, 2.45) is 0 Å². The molecule has 4 nitrogen and oxygen atoms in total. The fraction of sp³-hybridized carbons (Fsp3) is 0.562. The Kier molecular flexibility index (Phi) is 6.99. The standard InChI is InChI=1S/C16H24N2O2.ClH/c1-12(13-5-4-6-15(10-13)20-3)9-16(19)18(2)14-7-8-17-11-14;/h4-6,10,12,14,17H,7-9,11H2,1-3H3;1H. The molecular formula is C16H25ClN2O2. The molecule has 5 heteroatoms. The number of ether oxygens (including phenoxy) is 1. The summed E-state index contributed by atoms with van der Waals surface area (Å²) in [6.07, 6.45) is 1.59. The fourth-order valence-electron chi connectivity index (χ4n) is 2.65. The second kappa shape index (κ2) is 8.25. The molecule has 1 aliphatic rings. The number of likely N-dealkylation sites (N-methyl/N-ethyl adjacent to an activating group) is 1. The zero-order valence-electron chi connectivity index (χ0n) is 13.0. The summed E-state index contributed by atoms with van der Waals surface area (Å²) in [6, 6.07) is 8.31. The van der Waals surface area contributed by atoms with Crippen LogP contribution in [0.2, 0.25) is 0 Å². The summed E-state index contributed by atoms with van der Waals surface area (Å²) in [5.74, 6) is 1.26. The van der Waals surface area contributed by atoms with Crippen molar-refractivity contribution < 1.29 is 9.53 Å². The molecule has 2 unspecified atom stereocenters. The Morgan fingerprint density at radius 1 is 1.52 bits per heavy atom. The number of benzene rings is 1. The number of amides is 1. The largest absolute Gasteiger partial charge is 0.497 e. The molecule has 2 rings (SSSR count). The van der Waals surface area contributed by atoms with E-state index in [4.69, 9.17) is 4.74 Å². The molecular weight excluding hydrogens is 288 g/mol. The highest BCUT2D eigenvalue weighted by Crippen LogP contribution is 2.24. The van der Waals surface area contributed by atoms with Crippen molar-refractivity contribution in [3.63, 3.8) is 0 Å². The highest BCUT2D eigenvalue weighted by Gasteiger charge is 2.24. The number of nitrogens with zero attached hydrogens (tertiary/aromatic N) is 1. The van der Waals surface area contributed by atoms with Crippen LogP contribution in [-0.2, 0) is 4.79 Å². The van der Waals surface area contributed by atoms with Crippen molar-refractivity contribution in [2.75, 3.05) is 27.2 Å². The molecule has 1 saturated heterocycles. The van der Waals surface area contributed by atoms with Crippen molar-refractivity contribution in [3.8, 4) is 5.75 Å². The third-order valence-electron chi connectivity index (χ3n) is 4.12. The second-order valence-electron chi connectivity index (χ2n) is 5.53. The maximum Gasteiger partial charge on any atom is 0.223 e. The number of carbonyl (C=O) groups excluding carboxylic acids is 1. The van der Waals surface area contributed by atoms with Crippen molar-refractivity contribution in [1.29, 1.82) is 0 Å². The third kappa shape index (κ3) is 4.61. The highest BCUT2D eigenvalue weighted by molar-refractivity contribution is 5.85. The van der Waals surface area contributed by atoms with Crippen LogP contribution in [-0.4, -0.2) is 44.1 Å². The fourth-order valence-corrected chi connectivity index (χ4v) is 2.65. The third-order valence-corrected chi connectivity index (χ3v) is 4.12. The van der Waals surface area contributed by atoms with Crippen molar-refractivity contribution in [2.45, 2.75) is 31.7 Å². The predicted octanol–water partition coefficient (Wildman–Crippen LogP) is 2.43. The molecule has 0 aromatic heterocycles. The minimum Gasteiger partial charge on any atom is -0.497 e. The number of hydrogen-bond donors (Lipinski definition) is 1. The van der Waals surface area contributed by atoms with Gasteiger partial charge in [-0.3, -0.25) is 4.79 Å². The monoisotopic (exact) mass is 312 g/mol. The number of rotatable bonds is 5. The first kappa shape index (κ1) is 17.8.